The molecule has 3 N–H and O–H groups in total. The van der Waals surface area contributed by atoms with Crippen molar-refractivity contribution in [3.8, 4) is 0 Å². The van der Waals surface area contributed by atoms with E-state index < -0.39 is 0 Å². The van der Waals surface area contributed by atoms with Crippen LogP contribution in [0.4, 0.5) is 11.4 Å². The van der Waals surface area contributed by atoms with Gasteiger partial charge in [0, 0.05) is 40.4 Å². The third kappa shape index (κ3) is 2.10. The molecule has 1 aliphatic carbocycles. The van der Waals surface area contributed by atoms with E-state index in [4.69, 9.17) is 10.5 Å². The van der Waals surface area contributed by atoms with E-state index in [1.807, 2.05) is 0 Å². The molecule has 1 heterocycles. The Kier molecular flexibility index (Phi) is 3.43. The van der Waals surface area contributed by atoms with Gasteiger partial charge in [0.2, 0.25) is 0 Å². The first kappa shape index (κ1) is 13.8. The van der Waals surface area contributed by atoms with Crippen molar-refractivity contribution in [2.75, 3.05) is 11.9 Å². The van der Waals surface area contributed by atoms with Crippen molar-refractivity contribution >= 4 is 27.3 Å². The number of nitro groups is 1. The van der Waals surface area contributed by atoms with Crippen molar-refractivity contribution in [3.05, 3.63) is 32.3 Å². The summed E-state index contributed by atoms with van der Waals surface area (Å²) in [6.45, 7) is 2.49. The molecule has 1 aliphatic heterocycles. The summed E-state index contributed by atoms with van der Waals surface area (Å²) in [6, 6.07) is 3.44. The van der Waals surface area contributed by atoms with Gasteiger partial charge in [-0.15, -0.1) is 0 Å². The Morgan fingerprint density at radius 1 is 1.55 bits per heavy atom. The lowest BCUT2D eigenvalue weighted by atomic mass is 9.72. The van der Waals surface area contributed by atoms with Gasteiger partial charge in [-0.3, -0.25) is 10.1 Å². The van der Waals surface area contributed by atoms with E-state index in [1.54, 1.807) is 13.0 Å². The lowest BCUT2D eigenvalue weighted by Crippen LogP contribution is -2.65. The lowest BCUT2D eigenvalue weighted by molar-refractivity contribution is -0.385. The number of rotatable bonds is 3. The van der Waals surface area contributed by atoms with Crippen molar-refractivity contribution in [1.82, 2.24) is 0 Å². The molecular weight excluding hydrogens is 326 g/mol. The molecule has 4 atom stereocenters. The van der Waals surface area contributed by atoms with Crippen molar-refractivity contribution in [2.24, 2.45) is 11.7 Å². The smallest absolute Gasteiger partial charge is 0.273 e. The van der Waals surface area contributed by atoms with Gasteiger partial charge in [0.1, 0.15) is 0 Å². The van der Waals surface area contributed by atoms with Crippen LogP contribution in [0, 0.1) is 23.0 Å². The Bertz CT molecular complexity index is 566. The van der Waals surface area contributed by atoms with Crippen molar-refractivity contribution in [1.29, 1.82) is 0 Å². The average molecular weight is 342 g/mol. The SMILES string of the molecule is Cc1cc(NC2C(N)C3CCOC32)c(Br)cc1[N+](=O)[O-]. The number of halogens is 1. The Hall–Kier alpha value is -1.18. The number of aryl methyl sites for hydroxylation is 1. The van der Waals surface area contributed by atoms with Crippen LogP contribution in [0.2, 0.25) is 0 Å². The highest BCUT2D eigenvalue weighted by Gasteiger charge is 2.52. The fraction of sp³-hybridized carbons (Fsp3) is 0.538. The Labute approximate surface area is 124 Å². The van der Waals surface area contributed by atoms with E-state index in [0.717, 1.165) is 18.7 Å². The Morgan fingerprint density at radius 3 is 3.00 bits per heavy atom. The average Bonchev–Trinajstić information content (AvgIpc) is 2.83. The molecule has 1 aromatic carbocycles. The number of hydrogen-bond donors (Lipinski definition) is 2. The van der Waals surface area contributed by atoms with Crippen LogP contribution in [0.5, 0.6) is 0 Å². The third-order valence-corrected chi connectivity index (χ3v) is 4.91. The van der Waals surface area contributed by atoms with Crippen LogP contribution in [-0.2, 0) is 4.74 Å². The molecule has 108 valence electrons. The molecule has 0 bridgehead atoms. The maximum absolute atomic E-state index is 10.9. The topological polar surface area (TPSA) is 90.4 Å². The quantitative estimate of drug-likeness (QED) is 0.649. The first-order valence-electron chi connectivity index (χ1n) is 6.57. The molecule has 6 nitrogen and oxygen atoms in total. The minimum Gasteiger partial charge on any atom is -0.377 e. The second-order valence-corrected chi connectivity index (χ2v) is 6.27. The maximum atomic E-state index is 10.9. The van der Waals surface area contributed by atoms with Crippen molar-refractivity contribution in [2.45, 2.75) is 31.5 Å². The Morgan fingerprint density at radius 2 is 2.30 bits per heavy atom. The number of nitrogens with zero attached hydrogens (tertiary/aromatic N) is 1. The fourth-order valence-corrected chi connectivity index (χ4v) is 3.53. The van der Waals surface area contributed by atoms with Gasteiger partial charge in [-0.05, 0) is 35.3 Å². The first-order valence-corrected chi connectivity index (χ1v) is 7.36. The zero-order valence-corrected chi connectivity index (χ0v) is 12.6. The molecule has 2 fully saturated rings. The fourth-order valence-electron chi connectivity index (χ4n) is 3.09. The molecule has 1 saturated heterocycles. The van der Waals surface area contributed by atoms with Gasteiger partial charge in [-0.2, -0.15) is 0 Å². The number of nitro benzene ring substituents is 1. The number of benzene rings is 1. The number of nitrogens with one attached hydrogen (secondary N) is 1. The van der Waals surface area contributed by atoms with E-state index in [0.29, 0.717) is 16.0 Å². The molecule has 4 unspecified atom stereocenters. The molecule has 1 aromatic rings. The van der Waals surface area contributed by atoms with E-state index in [9.17, 15) is 10.1 Å². The number of hydrogen-bond acceptors (Lipinski definition) is 5. The van der Waals surface area contributed by atoms with E-state index >= 15 is 0 Å². The van der Waals surface area contributed by atoms with Gasteiger partial charge >= 0.3 is 0 Å². The van der Waals surface area contributed by atoms with E-state index in [1.165, 1.54) is 6.07 Å². The van der Waals surface area contributed by atoms with Gasteiger partial charge in [-0.1, -0.05) is 0 Å². The first-order chi connectivity index (χ1) is 9.49. The predicted octanol–water partition coefficient (Wildman–Crippen LogP) is 2.19. The second kappa shape index (κ2) is 4.98. The molecule has 2 aliphatic rings. The summed E-state index contributed by atoms with van der Waals surface area (Å²) in [5.74, 6) is 0.436. The van der Waals surface area contributed by atoms with Crippen LogP contribution in [0.1, 0.15) is 12.0 Å². The van der Waals surface area contributed by atoms with Gasteiger partial charge in [0.05, 0.1) is 17.1 Å². The van der Waals surface area contributed by atoms with Crippen LogP contribution < -0.4 is 11.1 Å². The van der Waals surface area contributed by atoms with Crippen LogP contribution in [-0.4, -0.2) is 29.7 Å². The van der Waals surface area contributed by atoms with E-state index in [-0.39, 0.29) is 28.8 Å². The van der Waals surface area contributed by atoms with Crippen LogP contribution in [0.15, 0.2) is 16.6 Å². The number of fused-ring (bicyclic) bond motifs is 1. The number of ether oxygens (including phenoxy) is 1. The molecular formula is C13H16BrN3O3. The molecule has 3 rings (SSSR count). The minimum absolute atomic E-state index is 0.0691. The van der Waals surface area contributed by atoms with Gasteiger partial charge < -0.3 is 15.8 Å². The van der Waals surface area contributed by atoms with Crippen LogP contribution >= 0.6 is 15.9 Å². The molecule has 0 amide bonds. The number of nitrogens with two attached hydrogens (primary N) is 1. The zero-order valence-electron chi connectivity index (χ0n) is 11.0. The number of anilines is 1. The third-order valence-electron chi connectivity index (χ3n) is 4.25. The Balaban J connectivity index is 1.81. The minimum atomic E-state index is -0.380. The summed E-state index contributed by atoms with van der Waals surface area (Å²) in [4.78, 5) is 10.5. The normalized spacial score (nSPS) is 31.6. The summed E-state index contributed by atoms with van der Waals surface area (Å²) in [5, 5.41) is 14.3. The molecule has 7 heteroatoms. The highest BCUT2D eigenvalue weighted by Crippen LogP contribution is 2.41. The zero-order chi connectivity index (χ0) is 14.4. The monoisotopic (exact) mass is 341 g/mol. The maximum Gasteiger partial charge on any atom is 0.273 e. The van der Waals surface area contributed by atoms with Crippen molar-refractivity contribution < 1.29 is 9.66 Å². The molecule has 1 saturated carbocycles. The summed E-state index contributed by atoms with van der Waals surface area (Å²) >= 11 is 3.38. The summed E-state index contributed by atoms with van der Waals surface area (Å²) < 4.78 is 6.34. The molecule has 0 spiro atoms. The van der Waals surface area contributed by atoms with Crippen molar-refractivity contribution in [3.63, 3.8) is 0 Å². The summed E-state index contributed by atoms with van der Waals surface area (Å²) in [7, 11) is 0. The summed E-state index contributed by atoms with van der Waals surface area (Å²) in [5.41, 5.74) is 7.71. The lowest BCUT2D eigenvalue weighted by Gasteiger charge is -2.46. The standard InChI is InChI=1S/C13H16BrN3O3/c1-6-4-9(8(14)5-10(6)17(18)19)16-12-11(15)7-2-3-20-13(7)12/h4-5,7,11-13,16H,2-3,15H2,1H3. The van der Waals surface area contributed by atoms with Gasteiger partial charge in [0.25, 0.3) is 5.69 Å². The highest BCUT2D eigenvalue weighted by atomic mass is 79.9. The molecule has 0 radical (unpaired) electrons. The van der Waals surface area contributed by atoms with Crippen LogP contribution in [0.3, 0.4) is 0 Å². The van der Waals surface area contributed by atoms with Crippen LogP contribution in [0.25, 0.3) is 0 Å². The van der Waals surface area contributed by atoms with E-state index in [2.05, 4.69) is 21.2 Å². The van der Waals surface area contributed by atoms with Gasteiger partial charge in [0.15, 0.2) is 0 Å². The van der Waals surface area contributed by atoms with Gasteiger partial charge in [-0.25, -0.2) is 0 Å². The highest BCUT2D eigenvalue weighted by molar-refractivity contribution is 9.10. The molecule has 0 aromatic heterocycles. The largest absolute Gasteiger partial charge is 0.377 e. The molecule has 20 heavy (non-hydrogen) atoms. The predicted molar refractivity (Wildman–Crippen MR) is 78.8 cm³/mol. The second-order valence-electron chi connectivity index (χ2n) is 5.41. The summed E-state index contributed by atoms with van der Waals surface area (Å²) in [6.07, 6.45) is 1.18.